The van der Waals surface area contributed by atoms with Gasteiger partial charge in [0.25, 0.3) is 0 Å². The summed E-state index contributed by atoms with van der Waals surface area (Å²) < 4.78 is 28.7. The molecule has 7 heteroatoms. The molecule has 0 aliphatic rings. The quantitative estimate of drug-likeness (QED) is 0.477. The molecule has 0 aliphatic heterocycles. The molecule has 3 rings (SSSR count). The van der Waals surface area contributed by atoms with Crippen molar-refractivity contribution in [1.29, 1.82) is 5.41 Å². The smallest absolute Gasteiger partial charge is 0.208 e. The van der Waals surface area contributed by atoms with Crippen molar-refractivity contribution in [3.05, 3.63) is 53.4 Å². The van der Waals surface area contributed by atoms with Crippen molar-refractivity contribution in [3.63, 3.8) is 0 Å². The second-order valence-corrected chi connectivity index (χ2v) is 8.76. The Bertz CT molecular complexity index is 1010. The Balaban J connectivity index is 2.18. The molecule has 1 atom stereocenters. The van der Waals surface area contributed by atoms with Gasteiger partial charge in [-0.1, -0.05) is 25.1 Å². The second-order valence-electron chi connectivity index (χ2n) is 6.03. The fourth-order valence-corrected chi connectivity index (χ4v) is 4.63. The first-order valence-corrected chi connectivity index (χ1v) is 10.1. The maximum atomic E-state index is 13.1. The van der Waals surface area contributed by atoms with E-state index < -0.39 is 9.84 Å². The number of hydrogen-bond donors (Lipinski definition) is 1. The van der Waals surface area contributed by atoms with Gasteiger partial charge in [0.1, 0.15) is 4.60 Å². The molecule has 2 heterocycles. The maximum absolute atomic E-state index is 13.1. The Morgan fingerprint density at radius 3 is 2.72 bits per heavy atom. The normalized spacial score (nSPS) is 13.0. The Labute approximate surface area is 155 Å². The van der Waals surface area contributed by atoms with Gasteiger partial charge in [0.05, 0.1) is 15.3 Å². The molecule has 5 nitrogen and oxygen atoms in total. The maximum Gasteiger partial charge on any atom is 0.208 e. The van der Waals surface area contributed by atoms with Crippen molar-refractivity contribution in [2.24, 2.45) is 5.92 Å². The van der Waals surface area contributed by atoms with Crippen LogP contribution in [-0.2, 0) is 16.4 Å². The molecule has 1 N–H and O–H groups in total. The summed E-state index contributed by atoms with van der Waals surface area (Å²) in [4.78, 5) is 4.73. The van der Waals surface area contributed by atoms with E-state index in [1.807, 2.05) is 17.6 Å². The Morgan fingerprint density at radius 2 is 2.04 bits per heavy atom. The third-order valence-electron chi connectivity index (χ3n) is 4.07. The van der Waals surface area contributed by atoms with E-state index in [0.29, 0.717) is 23.0 Å². The Morgan fingerprint density at radius 1 is 1.32 bits per heavy atom. The molecule has 0 bridgehead atoms. The average molecular weight is 420 g/mol. The van der Waals surface area contributed by atoms with Crippen molar-refractivity contribution in [1.82, 2.24) is 9.55 Å². The predicted octanol–water partition coefficient (Wildman–Crippen LogP) is 4.31. The van der Waals surface area contributed by atoms with E-state index in [9.17, 15) is 8.42 Å². The molecule has 130 valence electrons. The molecule has 1 aromatic carbocycles. The van der Waals surface area contributed by atoms with Gasteiger partial charge in [-0.05, 0) is 52.7 Å². The molecule has 0 saturated heterocycles. The van der Waals surface area contributed by atoms with Gasteiger partial charge in [0.15, 0.2) is 0 Å². The lowest BCUT2D eigenvalue weighted by molar-refractivity contribution is 0.508. The predicted molar refractivity (Wildman–Crippen MR) is 102 cm³/mol. The van der Waals surface area contributed by atoms with Gasteiger partial charge < -0.3 is 9.98 Å². The van der Waals surface area contributed by atoms with Crippen LogP contribution in [0.25, 0.3) is 10.9 Å². The van der Waals surface area contributed by atoms with E-state index in [-0.39, 0.29) is 15.7 Å². The van der Waals surface area contributed by atoms with Crippen LogP contribution in [0.15, 0.2) is 63.2 Å². The van der Waals surface area contributed by atoms with Gasteiger partial charge in [-0.3, -0.25) is 0 Å². The summed E-state index contributed by atoms with van der Waals surface area (Å²) in [6.07, 6.45) is 5.30. The van der Waals surface area contributed by atoms with Gasteiger partial charge in [-0.2, -0.15) is 0 Å². The van der Waals surface area contributed by atoms with Gasteiger partial charge in [0.2, 0.25) is 9.84 Å². The highest BCUT2D eigenvalue weighted by molar-refractivity contribution is 9.10. The molecule has 0 spiro atoms. The van der Waals surface area contributed by atoms with Crippen molar-refractivity contribution < 1.29 is 8.42 Å². The number of halogens is 1. The van der Waals surface area contributed by atoms with Crippen molar-refractivity contribution in [2.75, 3.05) is 0 Å². The Hall–Kier alpha value is -1.99. The fourth-order valence-electron chi connectivity index (χ4n) is 2.83. The van der Waals surface area contributed by atoms with E-state index in [2.05, 4.69) is 20.9 Å². The number of sulfone groups is 1. The van der Waals surface area contributed by atoms with Crippen LogP contribution in [0, 0.1) is 11.3 Å². The monoisotopic (exact) mass is 419 g/mol. The highest BCUT2D eigenvalue weighted by atomic mass is 79.9. The lowest BCUT2D eigenvalue weighted by Gasteiger charge is -2.10. The largest absolute Gasteiger partial charge is 0.346 e. The Kier molecular flexibility index (Phi) is 5.06. The fraction of sp³-hybridized carbons (Fsp3) is 0.222. The number of aromatic nitrogens is 2. The molecular formula is C18H18BrN3O2S. The zero-order valence-electron chi connectivity index (χ0n) is 13.7. The summed E-state index contributed by atoms with van der Waals surface area (Å²) in [5.41, 5.74) is 0.813. The number of fused-ring (bicyclic) bond motifs is 1. The first kappa shape index (κ1) is 17.8. The molecule has 0 saturated carbocycles. The highest BCUT2D eigenvalue weighted by Crippen LogP contribution is 2.31. The summed E-state index contributed by atoms with van der Waals surface area (Å²) >= 11 is 3.36. The molecule has 0 amide bonds. The number of hydrogen-bond acceptors (Lipinski definition) is 4. The molecule has 1 unspecified atom stereocenters. The number of rotatable bonds is 6. The van der Waals surface area contributed by atoms with Crippen LogP contribution in [0.5, 0.6) is 0 Å². The molecular weight excluding hydrogens is 402 g/mol. The number of nitrogens with one attached hydrogen (secondary N) is 1. The summed E-state index contributed by atoms with van der Waals surface area (Å²) in [5, 5.41) is 7.87. The van der Waals surface area contributed by atoms with E-state index in [4.69, 9.17) is 5.41 Å². The molecule has 0 radical (unpaired) electrons. The SMILES string of the molecule is CC(CC=N)Cn1cc(S(=O)(=O)c2ccccc2)c2cnc(Br)cc21. The molecule has 0 aliphatic carbocycles. The zero-order valence-corrected chi connectivity index (χ0v) is 16.1. The minimum atomic E-state index is -3.63. The van der Waals surface area contributed by atoms with Crippen molar-refractivity contribution in [2.45, 2.75) is 29.7 Å². The van der Waals surface area contributed by atoms with E-state index in [0.717, 1.165) is 5.52 Å². The molecule has 0 fully saturated rings. The van der Waals surface area contributed by atoms with Crippen molar-refractivity contribution in [3.8, 4) is 0 Å². The third-order valence-corrected chi connectivity index (χ3v) is 6.30. The van der Waals surface area contributed by atoms with Crippen LogP contribution in [0.1, 0.15) is 13.3 Å². The van der Waals surface area contributed by atoms with Crippen LogP contribution < -0.4 is 0 Å². The zero-order chi connectivity index (χ0) is 18.0. The van der Waals surface area contributed by atoms with Gasteiger partial charge in [-0.25, -0.2) is 13.4 Å². The summed E-state index contributed by atoms with van der Waals surface area (Å²) in [7, 11) is -3.63. The van der Waals surface area contributed by atoms with Crippen LogP contribution in [0.4, 0.5) is 0 Å². The van der Waals surface area contributed by atoms with Crippen molar-refractivity contribution >= 4 is 42.9 Å². The molecule has 25 heavy (non-hydrogen) atoms. The summed E-state index contributed by atoms with van der Waals surface area (Å²) in [6.45, 7) is 2.67. The minimum absolute atomic E-state index is 0.229. The number of nitrogens with zero attached hydrogens (tertiary/aromatic N) is 2. The standard InChI is InChI=1S/C18H18BrN3O2S/c1-13(7-8-20)11-22-12-17(15-10-21-18(19)9-16(15)22)25(23,24)14-5-3-2-4-6-14/h2-6,8-10,12-13,20H,7,11H2,1H3. The molecule has 2 aromatic heterocycles. The lowest BCUT2D eigenvalue weighted by Crippen LogP contribution is -2.07. The van der Waals surface area contributed by atoms with E-state index >= 15 is 0 Å². The van der Waals surface area contributed by atoms with Crippen LogP contribution in [0.3, 0.4) is 0 Å². The summed E-state index contributed by atoms with van der Waals surface area (Å²) in [6, 6.07) is 10.3. The average Bonchev–Trinajstić information content (AvgIpc) is 2.94. The van der Waals surface area contributed by atoms with Gasteiger partial charge in [0, 0.05) is 24.3 Å². The minimum Gasteiger partial charge on any atom is -0.346 e. The first-order valence-electron chi connectivity index (χ1n) is 7.87. The summed E-state index contributed by atoms with van der Waals surface area (Å²) in [5.74, 6) is 0.229. The van der Waals surface area contributed by atoms with Crippen LogP contribution in [-0.4, -0.2) is 24.2 Å². The van der Waals surface area contributed by atoms with Crippen LogP contribution in [0.2, 0.25) is 0 Å². The third kappa shape index (κ3) is 3.52. The first-order chi connectivity index (χ1) is 11.9. The van der Waals surface area contributed by atoms with E-state index in [1.165, 1.54) is 6.21 Å². The lowest BCUT2D eigenvalue weighted by atomic mass is 10.1. The molecule has 3 aromatic rings. The number of benzene rings is 1. The highest BCUT2D eigenvalue weighted by Gasteiger charge is 2.24. The van der Waals surface area contributed by atoms with Gasteiger partial charge in [-0.15, -0.1) is 0 Å². The van der Waals surface area contributed by atoms with E-state index in [1.54, 1.807) is 42.7 Å². The topological polar surface area (TPSA) is 75.8 Å². The second kappa shape index (κ2) is 7.09. The number of pyridine rings is 1. The van der Waals surface area contributed by atoms with Gasteiger partial charge >= 0.3 is 0 Å². The van der Waals surface area contributed by atoms with Crippen LogP contribution >= 0.6 is 15.9 Å².